The molecule has 2 aromatic carbocycles. The van der Waals surface area contributed by atoms with Crippen molar-refractivity contribution in [3.8, 4) is 5.75 Å². The number of aryl methyl sites for hydroxylation is 1. The fourth-order valence-corrected chi connectivity index (χ4v) is 3.39. The van der Waals surface area contributed by atoms with E-state index in [1.54, 1.807) is 13.3 Å². The molecular weight excluding hydrogens is 376 g/mol. The second kappa shape index (κ2) is 8.78. The largest absolute Gasteiger partial charge is 0.497 e. The van der Waals surface area contributed by atoms with Gasteiger partial charge in [-0.15, -0.1) is 0 Å². The van der Waals surface area contributed by atoms with Crippen LogP contribution in [-0.4, -0.2) is 27.6 Å². The van der Waals surface area contributed by atoms with Gasteiger partial charge in [0, 0.05) is 6.20 Å². The fraction of sp³-hybridized carbons (Fsp3) is 0.208. The van der Waals surface area contributed by atoms with Gasteiger partial charge in [-0.25, -0.2) is 9.97 Å². The number of fused-ring (bicyclic) bond motifs is 1. The van der Waals surface area contributed by atoms with E-state index in [2.05, 4.69) is 46.1 Å². The normalized spacial score (nSPS) is 10.9. The number of nitrogens with zero attached hydrogens (tertiary/aromatic N) is 3. The van der Waals surface area contributed by atoms with Gasteiger partial charge in [0.2, 0.25) is 5.91 Å². The molecule has 152 valence electrons. The lowest BCUT2D eigenvalue weighted by molar-refractivity contribution is -0.120. The number of rotatable bonds is 7. The van der Waals surface area contributed by atoms with Gasteiger partial charge < -0.3 is 14.6 Å². The molecule has 4 aromatic rings. The minimum atomic E-state index is -0.0647. The van der Waals surface area contributed by atoms with Crippen LogP contribution in [0.3, 0.4) is 0 Å². The average molecular weight is 400 g/mol. The number of carbonyl (C=O) groups excluding carboxylic acids is 1. The van der Waals surface area contributed by atoms with Crippen LogP contribution in [0.2, 0.25) is 0 Å². The minimum absolute atomic E-state index is 0.0647. The summed E-state index contributed by atoms with van der Waals surface area (Å²) >= 11 is 0. The van der Waals surface area contributed by atoms with Crippen LogP contribution in [0.4, 0.5) is 0 Å². The molecular formula is C24H24N4O2. The number of aromatic nitrogens is 3. The van der Waals surface area contributed by atoms with E-state index in [-0.39, 0.29) is 12.3 Å². The SMILES string of the molecule is COc1cccc(CC(=O)NCc2nc3cccnc3n2Cc2ccc(C)cc2)c1. The molecule has 0 radical (unpaired) electrons. The quantitative estimate of drug-likeness (QED) is 0.514. The van der Waals surface area contributed by atoms with Crippen LogP contribution in [0, 0.1) is 6.92 Å². The Hall–Kier alpha value is -3.67. The highest BCUT2D eigenvalue weighted by Crippen LogP contribution is 2.17. The van der Waals surface area contributed by atoms with Gasteiger partial charge >= 0.3 is 0 Å². The monoisotopic (exact) mass is 400 g/mol. The third-order valence-electron chi connectivity index (χ3n) is 4.99. The number of imidazole rings is 1. The Kier molecular flexibility index (Phi) is 5.75. The maximum atomic E-state index is 12.5. The van der Waals surface area contributed by atoms with E-state index in [0.29, 0.717) is 13.1 Å². The molecule has 0 saturated heterocycles. The molecule has 0 unspecified atom stereocenters. The van der Waals surface area contributed by atoms with Crippen molar-refractivity contribution < 1.29 is 9.53 Å². The second-order valence-electron chi connectivity index (χ2n) is 7.25. The number of nitrogens with one attached hydrogen (secondary N) is 1. The number of ether oxygens (including phenoxy) is 1. The van der Waals surface area contributed by atoms with Crippen LogP contribution < -0.4 is 10.1 Å². The highest BCUT2D eigenvalue weighted by molar-refractivity contribution is 5.78. The van der Waals surface area contributed by atoms with Crippen molar-refractivity contribution in [2.75, 3.05) is 7.11 Å². The zero-order valence-electron chi connectivity index (χ0n) is 17.1. The van der Waals surface area contributed by atoms with Crippen molar-refractivity contribution in [3.63, 3.8) is 0 Å². The average Bonchev–Trinajstić information content (AvgIpc) is 3.11. The number of amides is 1. The molecule has 0 aliphatic heterocycles. The summed E-state index contributed by atoms with van der Waals surface area (Å²) in [4.78, 5) is 21.7. The molecule has 30 heavy (non-hydrogen) atoms. The first-order chi connectivity index (χ1) is 14.6. The number of methoxy groups -OCH3 is 1. The Labute approximate surface area is 175 Å². The summed E-state index contributed by atoms with van der Waals surface area (Å²) in [5.74, 6) is 1.46. The van der Waals surface area contributed by atoms with E-state index in [1.165, 1.54) is 5.56 Å². The maximum Gasteiger partial charge on any atom is 0.224 e. The van der Waals surface area contributed by atoms with Crippen molar-refractivity contribution in [2.24, 2.45) is 0 Å². The maximum absolute atomic E-state index is 12.5. The van der Waals surface area contributed by atoms with Gasteiger partial charge in [-0.2, -0.15) is 0 Å². The summed E-state index contributed by atoms with van der Waals surface area (Å²) < 4.78 is 7.29. The van der Waals surface area contributed by atoms with Gasteiger partial charge in [-0.3, -0.25) is 4.79 Å². The Morgan fingerprint density at radius 3 is 2.70 bits per heavy atom. The Morgan fingerprint density at radius 1 is 1.07 bits per heavy atom. The Balaban J connectivity index is 1.51. The number of pyridine rings is 1. The standard InChI is InChI=1S/C24H24N4O2/c1-17-8-10-18(11-9-17)16-28-22(27-21-7-4-12-25-24(21)28)15-26-23(29)14-19-5-3-6-20(13-19)30-2/h3-13H,14-16H2,1-2H3,(H,26,29). The van der Waals surface area contributed by atoms with Crippen LogP contribution in [0.5, 0.6) is 5.75 Å². The van der Waals surface area contributed by atoms with Crippen molar-refractivity contribution in [1.82, 2.24) is 19.9 Å². The fourth-order valence-electron chi connectivity index (χ4n) is 3.39. The lowest BCUT2D eigenvalue weighted by Gasteiger charge is -2.10. The predicted molar refractivity (Wildman–Crippen MR) is 116 cm³/mol. The van der Waals surface area contributed by atoms with E-state index in [1.807, 2.05) is 36.4 Å². The van der Waals surface area contributed by atoms with Gasteiger partial charge in [0.25, 0.3) is 0 Å². The number of benzene rings is 2. The summed E-state index contributed by atoms with van der Waals surface area (Å²) in [7, 11) is 1.62. The van der Waals surface area contributed by atoms with Crippen molar-refractivity contribution in [3.05, 3.63) is 89.4 Å². The molecule has 1 N–H and O–H groups in total. The third-order valence-corrected chi connectivity index (χ3v) is 4.99. The van der Waals surface area contributed by atoms with Crippen LogP contribution in [0.1, 0.15) is 22.5 Å². The topological polar surface area (TPSA) is 69.0 Å². The number of carbonyl (C=O) groups is 1. The van der Waals surface area contributed by atoms with Crippen LogP contribution in [-0.2, 0) is 24.3 Å². The molecule has 0 aliphatic carbocycles. The molecule has 0 bridgehead atoms. The van der Waals surface area contributed by atoms with Crippen LogP contribution in [0.25, 0.3) is 11.2 Å². The van der Waals surface area contributed by atoms with E-state index >= 15 is 0 Å². The minimum Gasteiger partial charge on any atom is -0.497 e. The van der Waals surface area contributed by atoms with Crippen molar-refractivity contribution in [2.45, 2.75) is 26.4 Å². The smallest absolute Gasteiger partial charge is 0.224 e. The highest BCUT2D eigenvalue weighted by atomic mass is 16.5. The summed E-state index contributed by atoms with van der Waals surface area (Å²) in [5.41, 5.74) is 4.92. The highest BCUT2D eigenvalue weighted by Gasteiger charge is 2.13. The van der Waals surface area contributed by atoms with Gasteiger partial charge in [0.05, 0.1) is 26.6 Å². The van der Waals surface area contributed by atoms with Crippen LogP contribution >= 0.6 is 0 Å². The predicted octanol–water partition coefficient (Wildman–Crippen LogP) is 3.66. The molecule has 0 fully saturated rings. The molecule has 4 rings (SSSR count). The third kappa shape index (κ3) is 4.49. The van der Waals surface area contributed by atoms with E-state index in [9.17, 15) is 4.79 Å². The molecule has 2 heterocycles. The summed E-state index contributed by atoms with van der Waals surface area (Å²) in [6, 6.07) is 19.7. The Morgan fingerprint density at radius 2 is 1.90 bits per heavy atom. The van der Waals surface area contributed by atoms with Crippen molar-refractivity contribution in [1.29, 1.82) is 0 Å². The molecule has 2 aromatic heterocycles. The Bertz CT molecular complexity index is 1170. The van der Waals surface area contributed by atoms with Gasteiger partial charge in [0.1, 0.15) is 17.1 Å². The van der Waals surface area contributed by atoms with Crippen LogP contribution in [0.15, 0.2) is 66.9 Å². The molecule has 0 aliphatic rings. The molecule has 0 saturated carbocycles. The zero-order chi connectivity index (χ0) is 20.9. The lowest BCUT2D eigenvalue weighted by Crippen LogP contribution is -2.26. The first kappa shape index (κ1) is 19.6. The molecule has 0 atom stereocenters. The zero-order valence-corrected chi connectivity index (χ0v) is 17.1. The van der Waals surface area contributed by atoms with Gasteiger partial charge in [0.15, 0.2) is 5.65 Å². The summed E-state index contributed by atoms with van der Waals surface area (Å²) in [6.45, 7) is 3.06. The van der Waals surface area contributed by atoms with E-state index in [4.69, 9.17) is 9.72 Å². The number of hydrogen-bond donors (Lipinski definition) is 1. The molecule has 6 heteroatoms. The van der Waals surface area contributed by atoms with Gasteiger partial charge in [-0.05, 0) is 42.3 Å². The van der Waals surface area contributed by atoms with E-state index in [0.717, 1.165) is 33.9 Å². The number of hydrogen-bond acceptors (Lipinski definition) is 4. The van der Waals surface area contributed by atoms with Crippen molar-refractivity contribution >= 4 is 17.1 Å². The molecule has 1 amide bonds. The summed E-state index contributed by atoms with van der Waals surface area (Å²) in [5, 5.41) is 2.99. The lowest BCUT2D eigenvalue weighted by atomic mass is 10.1. The second-order valence-corrected chi connectivity index (χ2v) is 7.25. The molecule has 0 spiro atoms. The first-order valence-electron chi connectivity index (χ1n) is 9.87. The van der Waals surface area contributed by atoms with Gasteiger partial charge in [-0.1, -0.05) is 42.0 Å². The van der Waals surface area contributed by atoms with E-state index < -0.39 is 0 Å². The molecule has 6 nitrogen and oxygen atoms in total. The summed E-state index contributed by atoms with van der Waals surface area (Å²) in [6.07, 6.45) is 2.05. The first-order valence-corrected chi connectivity index (χ1v) is 9.87.